The normalized spacial score (nSPS) is 11.1. The molecule has 0 amide bonds. The molecule has 0 aromatic heterocycles. The first kappa shape index (κ1) is 15.8. The first-order chi connectivity index (χ1) is 8.90. The van der Waals surface area contributed by atoms with Gasteiger partial charge in [-0.2, -0.15) is 0 Å². The van der Waals surface area contributed by atoms with Crippen LogP contribution in [0.4, 0.5) is 5.69 Å². The summed E-state index contributed by atoms with van der Waals surface area (Å²) in [5.74, 6) is -0.691. The van der Waals surface area contributed by atoms with Crippen LogP contribution in [0.2, 0.25) is 5.02 Å². The second kappa shape index (κ2) is 6.77. The van der Waals surface area contributed by atoms with Crippen LogP contribution in [0.1, 0.15) is 13.8 Å². The first-order valence-corrected chi connectivity index (χ1v) is 7.81. The maximum absolute atomic E-state index is 12.0. The number of hydrogen-bond donors (Lipinski definition) is 0. The topological polar surface area (TPSA) is 63.7 Å². The fourth-order valence-electron chi connectivity index (χ4n) is 1.44. The number of carbonyl (C=O) groups is 1. The second-order valence-electron chi connectivity index (χ2n) is 3.69. The number of anilines is 1. The van der Waals surface area contributed by atoms with E-state index in [1.807, 2.05) is 0 Å². The Hall–Kier alpha value is -1.27. The van der Waals surface area contributed by atoms with Crippen molar-refractivity contribution in [3.05, 3.63) is 29.3 Å². The summed E-state index contributed by atoms with van der Waals surface area (Å²) in [6.45, 7) is 3.05. The molecule has 0 saturated carbocycles. The molecule has 106 valence electrons. The van der Waals surface area contributed by atoms with Crippen molar-refractivity contribution in [2.75, 3.05) is 23.2 Å². The summed E-state index contributed by atoms with van der Waals surface area (Å²) in [4.78, 5) is 11.5. The molecular formula is C12H16ClNO4S. The average Bonchev–Trinajstić information content (AvgIpc) is 2.37. The highest BCUT2D eigenvalue weighted by Gasteiger charge is 2.23. The molecule has 1 aromatic carbocycles. The standard InChI is InChI=1S/C12H16ClNO4S/c1-3-18-12(15)9-14(19(16,17)4-2)11-7-5-10(13)6-8-11/h5-8H,3-4,9H2,1-2H3. The summed E-state index contributed by atoms with van der Waals surface area (Å²) < 4.78 is 29.8. The lowest BCUT2D eigenvalue weighted by atomic mass is 10.3. The summed E-state index contributed by atoms with van der Waals surface area (Å²) >= 11 is 5.76. The van der Waals surface area contributed by atoms with Crippen molar-refractivity contribution in [3.63, 3.8) is 0 Å². The van der Waals surface area contributed by atoms with Gasteiger partial charge in [-0.3, -0.25) is 9.10 Å². The van der Waals surface area contributed by atoms with Crippen molar-refractivity contribution in [3.8, 4) is 0 Å². The zero-order chi connectivity index (χ0) is 14.5. The Morgan fingerprint density at radius 2 is 1.84 bits per heavy atom. The van der Waals surface area contributed by atoms with E-state index in [1.54, 1.807) is 31.2 Å². The number of rotatable bonds is 6. The summed E-state index contributed by atoms with van der Waals surface area (Å²) in [5.41, 5.74) is 0.388. The van der Waals surface area contributed by atoms with Crippen molar-refractivity contribution >= 4 is 33.3 Å². The van der Waals surface area contributed by atoms with E-state index in [4.69, 9.17) is 16.3 Å². The molecule has 19 heavy (non-hydrogen) atoms. The molecular weight excluding hydrogens is 290 g/mol. The minimum atomic E-state index is -3.55. The van der Waals surface area contributed by atoms with Gasteiger partial charge in [-0.15, -0.1) is 0 Å². The van der Waals surface area contributed by atoms with Gasteiger partial charge in [0.05, 0.1) is 18.0 Å². The minimum Gasteiger partial charge on any atom is -0.465 e. The molecule has 0 unspecified atom stereocenters. The van der Waals surface area contributed by atoms with Gasteiger partial charge in [0.15, 0.2) is 0 Å². The molecule has 0 saturated heterocycles. The fraction of sp³-hybridized carbons (Fsp3) is 0.417. The molecule has 0 aliphatic rings. The van der Waals surface area contributed by atoms with E-state index >= 15 is 0 Å². The number of halogens is 1. The summed E-state index contributed by atoms with van der Waals surface area (Å²) in [6, 6.07) is 6.24. The Morgan fingerprint density at radius 3 is 2.32 bits per heavy atom. The first-order valence-electron chi connectivity index (χ1n) is 5.82. The molecule has 1 rings (SSSR count). The van der Waals surface area contributed by atoms with Crippen LogP contribution in [0.25, 0.3) is 0 Å². The van der Waals surface area contributed by atoms with Crippen molar-refractivity contribution in [1.29, 1.82) is 0 Å². The fourth-order valence-corrected chi connectivity index (χ4v) is 2.62. The van der Waals surface area contributed by atoms with Gasteiger partial charge < -0.3 is 4.74 Å². The number of benzene rings is 1. The zero-order valence-corrected chi connectivity index (χ0v) is 12.4. The molecule has 0 aliphatic heterocycles. The second-order valence-corrected chi connectivity index (χ2v) is 6.31. The predicted molar refractivity (Wildman–Crippen MR) is 74.9 cm³/mol. The molecule has 5 nitrogen and oxygen atoms in total. The van der Waals surface area contributed by atoms with E-state index in [0.29, 0.717) is 10.7 Å². The van der Waals surface area contributed by atoms with Crippen LogP contribution in [0.3, 0.4) is 0 Å². The highest BCUT2D eigenvalue weighted by atomic mass is 35.5. The van der Waals surface area contributed by atoms with Crippen molar-refractivity contribution in [2.45, 2.75) is 13.8 Å². The highest BCUT2D eigenvalue weighted by molar-refractivity contribution is 7.92. The van der Waals surface area contributed by atoms with E-state index in [2.05, 4.69) is 0 Å². The molecule has 0 N–H and O–H groups in total. The molecule has 0 fully saturated rings. The van der Waals surface area contributed by atoms with Crippen LogP contribution in [-0.4, -0.2) is 33.3 Å². The Kier molecular flexibility index (Phi) is 5.62. The van der Waals surface area contributed by atoms with E-state index in [0.717, 1.165) is 4.31 Å². The van der Waals surface area contributed by atoms with E-state index in [-0.39, 0.29) is 18.9 Å². The lowest BCUT2D eigenvalue weighted by Crippen LogP contribution is -2.37. The van der Waals surface area contributed by atoms with Crippen LogP contribution in [-0.2, 0) is 19.6 Å². The number of esters is 1. The van der Waals surface area contributed by atoms with Gasteiger partial charge in [-0.25, -0.2) is 8.42 Å². The summed E-state index contributed by atoms with van der Waals surface area (Å²) in [6.07, 6.45) is 0. The number of nitrogens with zero attached hydrogens (tertiary/aromatic N) is 1. The predicted octanol–water partition coefficient (Wildman–Crippen LogP) is 2.06. The lowest BCUT2D eigenvalue weighted by Gasteiger charge is -2.22. The summed E-state index contributed by atoms with van der Waals surface area (Å²) in [5, 5.41) is 0.494. The molecule has 0 heterocycles. The molecule has 7 heteroatoms. The monoisotopic (exact) mass is 305 g/mol. The van der Waals surface area contributed by atoms with E-state index in [1.165, 1.54) is 6.92 Å². The summed E-state index contributed by atoms with van der Waals surface area (Å²) in [7, 11) is -3.55. The number of carbonyl (C=O) groups excluding carboxylic acids is 1. The number of ether oxygens (including phenoxy) is 1. The number of sulfonamides is 1. The average molecular weight is 306 g/mol. The van der Waals surface area contributed by atoms with Crippen molar-refractivity contribution in [1.82, 2.24) is 0 Å². The third-order valence-electron chi connectivity index (χ3n) is 2.39. The maximum Gasteiger partial charge on any atom is 0.326 e. The number of hydrogen-bond acceptors (Lipinski definition) is 4. The molecule has 0 radical (unpaired) electrons. The van der Waals surface area contributed by atoms with Gasteiger partial charge in [0, 0.05) is 5.02 Å². The zero-order valence-electron chi connectivity index (χ0n) is 10.8. The third-order valence-corrected chi connectivity index (χ3v) is 4.39. The van der Waals surface area contributed by atoms with Crippen LogP contribution in [0, 0.1) is 0 Å². The molecule has 0 aliphatic carbocycles. The Morgan fingerprint density at radius 1 is 1.26 bits per heavy atom. The smallest absolute Gasteiger partial charge is 0.326 e. The molecule has 0 bridgehead atoms. The SMILES string of the molecule is CCOC(=O)CN(c1ccc(Cl)cc1)S(=O)(=O)CC. The molecule has 1 aromatic rings. The van der Waals surface area contributed by atoms with E-state index in [9.17, 15) is 13.2 Å². The molecule has 0 spiro atoms. The van der Waals surface area contributed by atoms with Gasteiger partial charge in [0.1, 0.15) is 6.54 Å². The van der Waals surface area contributed by atoms with Gasteiger partial charge in [-0.1, -0.05) is 11.6 Å². The Balaban J connectivity index is 3.06. The van der Waals surface area contributed by atoms with Gasteiger partial charge >= 0.3 is 5.97 Å². The Labute approximate surface area is 118 Å². The highest BCUT2D eigenvalue weighted by Crippen LogP contribution is 2.21. The molecule has 0 atom stereocenters. The van der Waals surface area contributed by atoms with Crippen LogP contribution < -0.4 is 4.31 Å². The minimum absolute atomic E-state index is 0.102. The van der Waals surface area contributed by atoms with Crippen molar-refractivity contribution < 1.29 is 17.9 Å². The van der Waals surface area contributed by atoms with Gasteiger partial charge in [-0.05, 0) is 38.1 Å². The van der Waals surface area contributed by atoms with Crippen LogP contribution >= 0.6 is 11.6 Å². The Bertz CT molecular complexity index is 527. The van der Waals surface area contributed by atoms with Crippen molar-refractivity contribution in [2.24, 2.45) is 0 Å². The van der Waals surface area contributed by atoms with Crippen LogP contribution in [0.15, 0.2) is 24.3 Å². The van der Waals surface area contributed by atoms with Crippen LogP contribution in [0.5, 0.6) is 0 Å². The third kappa shape index (κ3) is 4.40. The van der Waals surface area contributed by atoms with Gasteiger partial charge in [0.25, 0.3) is 0 Å². The lowest BCUT2D eigenvalue weighted by molar-refractivity contribution is -0.141. The quantitative estimate of drug-likeness (QED) is 0.755. The van der Waals surface area contributed by atoms with Gasteiger partial charge in [0.2, 0.25) is 10.0 Å². The maximum atomic E-state index is 12.0. The largest absolute Gasteiger partial charge is 0.465 e. The van der Waals surface area contributed by atoms with E-state index < -0.39 is 16.0 Å².